The maximum Gasteiger partial charge on any atom is 0.343 e. The first kappa shape index (κ1) is 15.4. The highest BCUT2D eigenvalue weighted by molar-refractivity contribution is 6.28. The number of hydrogen-bond acceptors (Lipinski definition) is 5. The minimum absolute atomic E-state index is 0.0409. The topological polar surface area (TPSA) is 62.1 Å². The first-order chi connectivity index (χ1) is 12.6. The Hall–Kier alpha value is -2.82. The van der Waals surface area contributed by atoms with Crippen LogP contribution in [0.5, 0.6) is 0 Å². The molecule has 0 saturated carbocycles. The van der Waals surface area contributed by atoms with Gasteiger partial charge in [-0.2, -0.15) is 0 Å². The third kappa shape index (κ3) is 1.49. The number of methoxy groups -OCH3 is 1. The molecule has 1 spiro atoms. The largest absolute Gasteiger partial charge is 0.510 e. The molecule has 5 nitrogen and oxygen atoms in total. The summed E-state index contributed by atoms with van der Waals surface area (Å²) in [5.74, 6) is -0.464. The van der Waals surface area contributed by atoms with Crippen LogP contribution in [-0.4, -0.2) is 41.4 Å². The van der Waals surface area contributed by atoms with Crippen LogP contribution in [0, 0.1) is 5.41 Å². The lowest BCUT2D eigenvalue weighted by molar-refractivity contribution is -0.136. The second-order valence-corrected chi connectivity index (χ2v) is 7.27. The number of fused-ring (bicyclic) bond motifs is 1. The van der Waals surface area contributed by atoms with Gasteiger partial charge in [0, 0.05) is 6.54 Å². The lowest BCUT2D eigenvalue weighted by Crippen LogP contribution is -2.62. The van der Waals surface area contributed by atoms with E-state index in [1.165, 1.54) is 7.11 Å². The van der Waals surface area contributed by atoms with Gasteiger partial charge in [0.2, 0.25) is 0 Å². The van der Waals surface area contributed by atoms with Crippen molar-refractivity contribution in [1.82, 2.24) is 4.90 Å². The molecule has 4 aliphatic rings. The van der Waals surface area contributed by atoms with E-state index in [4.69, 9.17) is 9.73 Å². The van der Waals surface area contributed by atoms with E-state index in [0.29, 0.717) is 12.1 Å². The molecule has 5 rings (SSSR count). The molecule has 3 atom stereocenters. The monoisotopic (exact) mass is 348 g/mol. The molecule has 0 amide bonds. The smallest absolute Gasteiger partial charge is 0.343 e. The van der Waals surface area contributed by atoms with E-state index in [1.54, 1.807) is 0 Å². The summed E-state index contributed by atoms with van der Waals surface area (Å²) in [6.45, 7) is 2.83. The summed E-state index contributed by atoms with van der Waals surface area (Å²) in [6, 6.07) is 7.95. The van der Waals surface area contributed by atoms with Crippen LogP contribution in [0.1, 0.15) is 18.9 Å². The summed E-state index contributed by atoms with van der Waals surface area (Å²) >= 11 is 0. The van der Waals surface area contributed by atoms with E-state index >= 15 is 0 Å². The quantitative estimate of drug-likeness (QED) is 0.659. The van der Waals surface area contributed by atoms with E-state index in [0.717, 1.165) is 17.8 Å². The third-order valence-electron chi connectivity index (χ3n) is 6.37. The van der Waals surface area contributed by atoms with Gasteiger partial charge in [0.15, 0.2) is 0 Å². The van der Waals surface area contributed by atoms with Gasteiger partial charge in [-0.05, 0) is 30.3 Å². The van der Waals surface area contributed by atoms with Gasteiger partial charge in [-0.3, -0.25) is 4.99 Å². The van der Waals surface area contributed by atoms with Crippen molar-refractivity contribution in [3.63, 3.8) is 0 Å². The maximum atomic E-state index is 12.7. The number of hydrogen-bond donors (Lipinski definition) is 1. The number of carbonyl (C=O) groups is 1. The van der Waals surface area contributed by atoms with Crippen molar-refractivity contribution in [1.29, 1.82) is 0 Å². The third-order valence-corrected chi connectivity index (χ3v) is 6.37. The maximum absolute atomic E-state index is 12.7. The van der Waals surface area contributed by atoms with Crippen LogP contribution in [-0.2, 0) is 14.9 Å². The predicted octanol–water partition coefficient (Wildman–Crippen LogP) is 3.17. The summed E-state index contributed by atoms with van der Waals surface area (Å²) in [5, 5.41) is 11.3. The molecule has 1 N–H and O–H groups in total. The SMILES string of the molecule is CCC12C=CCN3C=CC4(C(=Nc5ccccc54)C(C(=O)OC)=C1O)C32. The standard InChI is InChI=1S/C21H20N2O3/c1-3-20-9-6-11-23-12-10-21(19(20)23)13-7-4-5-8-14(13)22-16(21)15(17(20)24)18(25)26-2/h4-10,12,19,24H,3,11H2,1-2H3. The van der Waals surface area contributed by atoms with Crippen molar-refractivity contribution < 1.29 is 14.6 Å². The Kier molecular flexibility index (Phi) is 2.89. The summed E-state index contributed by atoms with van der Waals surface area (Å²) in [7, 11) is 1.34. The second kappa shape index (κ2) is 4.87. The second-order valence-electron chi connectivity index (χ2n) is 7.27. The molecule has 0 aromatic heterocycles. The van der Waals surface area contributed by atoms with Crippen LogP contribution in [0.15, 0.2) is 65.0 Å². The molecule has 0 fully saturated rings. The Balaban J connectivity index is 1.91. The van der Waals surface area contributed by atoms with Gasteiger partial charge in [-0.1, -0.05) is 37.3 Å². The average molecular weight is 348 g/mol. The molecule has 3 heterocycles. The van der Waals surface area contributed by atoms with Crippen molar-refractivity contribution in [3.8, 4) is 0 Å². The molecule has 5 heteroatoms. The Morgan fingerprint density at radius 2 is 2.19 bits per heavy atom. The fourth-order valence-electron chi connectivity index (χ4n) is 5.29. The van der Waals surface area contributed by atoms with Crippen molar-refractivity contribution in [2.24, 2.45) is 10.4 Å². The molecule has 0 radical (unpaired) electrons. The fourth-order valence-corrected chi connectivity index (χ4v) is 5.29. The number of rotatable bonds is 2. The minimum atomic E-state index is -0.651. The number of ether oxygens (including phenoxy) is 1. The highest BCUT2D eigenvalue weighted by Crippen LogP contribution is 2.61. The number of benzene rings is 1. The van der Waals surface area contributed by atoms with Crippen LogP contribution < -0.4 is 0 Å². The molecular formula is C21H20N2O3. The summed E-state index contributed by atoms with van der Waals surface area (Å²) < 4.78 is 5.04. The average Bonchev–Trinajstić information content (AvgIpc) is 3.22. The van der Waals surface area contributed by atoms with E-state index in [-0.39, 0.29) is 17.4 Å². The van der Waals surface area contributed by atoms with Crippen molar-refractivity contribution in [2.75, 3.05) is 13.7 Å². The lowest BCUT2D eigenvalue weighted by Gasteiger charge is -2.53. The Labute approximate surface area is 152 Å². The number of para-hydroxylation sites is 1. The lowest BCUT2D eigenvalue weighted by atomic mass is 9.55. The van der Waals surface area contributed by atoms with E-state index < -0.39 is 16.8 Å². The Morgan fingerprint density at radius 3 is 2.96 bits per heavy atom. The zero-order chi connectivity index (χ0) is 18.1. The van der Waals surface area contributed by atoms with Crippen molar-refractivity contribution in [3.05, 3.63) is 65.6 Å². The Morgan fingerprint density at radius 1 is 1.38 bits per heavy atom. The molecule has 132 valence electrons. The van der Waals surface area contributed by atoms with Crippen LogP contribution >= 0.6 is 0 Å². The summed E-state index contributed by atoms with van der Waals surface area (Å²) in [4.78, 5) is 19.7. The molecule has 1 aliphatic carbocycles. The van der Waals surface area contributed by atoms with Gasteiger partial charge in [0.05, 0.1) is 35.4 Å². The van der Waals surface area contributed by atoms with E-state index in [1.807, 2.05) is 25.1 Å². The van der Waals surface area contributed by atoms with Crippen molar-refractivity contribution >= 4 is 17.4 Å². The molecule has 0 saturated heterocycles. The van der Waals surface area contributed by atoms with Gasteiger partial charge >= 0.3 is 5.97 Å². The van der Waals surface area contributed by atoms with Gasteiger partial charge in [-0.15, -0.1) is 0 Å². The minimum Gasteiger partial charge on any atom is -0.510 e. The first-order valence-corrected chi connectivity index (χ1v) is 8.94. The van der Waals surface area contributed by atoms with E-state index in [9.17, 15) is 9.90 Å². The molecule has 3 aliphatic heterocycles. The Bertz CT molecular complexity index is 958. The van der Waals surface area contributed by atoms with Crippen LogP contribution in [0.3, 0.4) is 0 Å². The number of carbonyl (C=O) groups excluding carboxylic acids is 1. The van der Waals surface area contributed by atoms with Crippen LogP contribution in [0.2, 0.25) is 0 Å². The summed E-state index contributed by atoms with van der Waals surface area (Å²) in [6.07, 6.45) is 9.05. The molecule has 3 unspecified atom stereocenters. The molecule has 1 aromatic carbocycles. The summed E-state index contributed by atoms with van der Waals surface area (Å²) in [5.41, 5.74) is 1.55. The van der Waals surface area contributed by atoms with Crippen LogP contribution in [0.25, 0.3) is 0 Å². The normalized spacial score (nSPS) is 32.9. The zero-order valence-electron chi connectivity index (χ0n) is 14.8. The molecule has 1 aromatic rings. The fraction of sp³-hybridized carbons (Fsp3) is 0.333. The molecular weight excluding hydrogens is 328 g/mol. The highest BCUT2D eigenvalue weighted by Gasteiger charge is 2.66. The molecule has 0 bridgehead atoms. The predicted molar refractivity (Wildman–Crippen MR) is 98.4 cm³/mol. The van der Waals surface area contributed by atoms with Crippen LogP contribution in [0.4, 0.5) is 5.69 Å². The van der Waals surface area contributed by atoms with Crippen molar-refractivity contribution in [2.45, 2.75) is 24.8 Å². The number of aliphatic imine (C=N–C) groups is 1. The van der Waals surface area contributed by atoms with Gasteiger partial charge < -0.3 is 14.7 Å². The van der Waals surface area contributed by atoms with Gasteiger partial charge in [0.25, 0.3) is 0 Å². The zero-order valence-corrected chi connectivity index (χ0v) is 14.8. The first-order valence-electron chi connectivity index (χ1n) is 8.94. The highest BCUT2D eigenvalue weighted by atomic mass is 16.5. The van der Waals surface area contributed by atoms with Gasteiger partial charge in [0.1, 0.15) is 11.3 Å². The number of nitrogens with zero attached hydrogens (tertiary/aromatic N) is 2. The number of esters is 1. The van der Waals surface area contributed by atoms with Gasteiger partial charge in [-0.25, -0.2) is 4.79 Å². The molecule has 26 heavy (non-hydrogen) atoms. The van der Waals surface area contributed by atoms with E-state index in [2.05, 4.69) is 35.4 Å². The number of aliphatic hydroxyl groups is 1. The number of aliphatic hydroxyl groups excluding tert-OH is 1.